The van der Waals surface area contributed by atoms with E-state index in [2.05, 4.69) is 317 Å². The van der Waals surface area contributed by atoms with Crippen LogP contribution in [-0.4, -0.2) is 0 Å². The molecule has 0 fully saturated rings. The van der Waals surface area contributed by atoms with Gasteiger partial charge in [0.25, 0.3) is 0 Å². The third kappa shape index (κ3) is 6.62. The zero-order valence-electron chi connectivity index (χ0n) is 49.8. The van der Waals surface area contributed by atoms with Crippen molar-refractivity contribution in [2.45, 2.75) is 43.9 Å². The molecular weight excluding hydrogens is 1080 g/mol. The third-order valence-electron chi connectivity index (χ3n) is 20.6. The van der Waals surface area contributed by atoms with Crippen LogP contribution in [0.2, 0.25) is 0 Å². The predicted octanol–water partition coefficient (Wildman–Crippen LogP) is 23.0. The molecule has 0 bridgehead atoms. The fourth-order valence-corrected chi connectivity index (χ4v) is 16.9. The van der Waals surface area contributed by atoms with Crippen LogP contribution >= 0.6 is 0 Å². The van der Waals surface area contributed by atoms with E-state index >= 15 is 0 Å². The first-order valence-corrected chi connectivity index (χ1v) is 31.2. The number of nitrogens with zero attached hydrogens (tertiary/aromatic N) is 2. The Labute approximate surface area is 516 Å². The number of para-hydroxylation sites is 4. The van der Waals surface area contributed by atoms with Crippen LogP contribution in [-0.2, 0) is 16.2 Å². The lowest BCUT2D eigenvalue weighted by molar-refractivity contribution is 0.600. The molecule has 0 atom stereocenters. The summed E-state index contributed by atoms with van der Waals surface area (Å²) in [5.74, 6) is 0. The number of furan rings is 2. The molecule has 4 aliphatic carbocycles. The fourth-order valence-electron chi connectivity index (χ4n) is 16.9. The molecule has 0 saturated heterocycles. The molecule has 4 nitrogen and oxygen atoms in total. The van der Waals surface area contributed by atoms with Crippen molar-refractivity contribution < 1.29 is 8.83 Å². The van der Waals surface area contributed by atoms with Crippen molar-refractivity contribution in [2.24, 2.45) is 0 Å². The summed E-state index contributed by atoms with van der Waals surface area (Å²) in [6.45, 7) is 9.76. The molecule has 0 aliphatic heterocycles. The summed E-state index contributed by atoms with van der Waals surface area (Å²) in [6.07, 6.45) is 0. The van der Waals surface area contributed by atoms with Crippen molar-refractivity contribution >= 4 is 78.0 Å². The Morgan fingerprint density at radius 2 is 0.674 bits per heavy atom. The number of benzene rings is 13. The van der Waals surface area contributed by atoms with Crippen LogP contribution in [0.4, 0.5) is 34.1 Å². The van der Waals surface area contributed by atoms with Gasteiger partial charge in [0.15, 0.2) is 0 Å². The minimum Gasteiger partial charge on any atom is -0.455 e. The Kier molecular flexibility index (Phi) is 10.2. The maximum absolute atomic E-state index is 7.11. The minimum atomic E-state index is -0.684. The van der Waals surface area contributed by atoms with Crippen LogP contribution in [0.15, 0.2) is 288 Å². The van der Waals surface area contributed by atoms with E-state index in [1.807, 2.05) is 0 Å². The number of hydrogen-bond donors (Lipinski definition) is 0. The van der Waals surface area contributed by atoms with Crippen LogP contribution in [0.25, 0.3) is 99.5 Å². The van der Waals surface area contributed by atoms with E-state index in [0.717, 1.165) is 83.7 Å². The summed E-state index contributed by atoms with van der Waals surface area (Å²) in [4.78, 5) is 4.87. The molecule has 2 aromatic heterocycles. The Hall–Kier alpha value is -10.9. The second-order valence-corrected chi connectivity index (χ2v) is 25.8. The molecule has 0 N–H and O–H groups in total. The largest absolute Gasteiger partial charge is 0.455 e. The Balaban J connectivity index is 0.881. The molecular formula is C85H58N2O2. The molecule has 4 heteroatoms. The van der Waals surface area contributed by atoms with Gasteiger partial charge in [-0.15, -0.1) is 0 Å². The van der Waals surface area contributed by atoms with Gasteiger partial charge in [0, 0.05) is 77.6 Å². The molecule has 420 valence electrons. The smallest absolute Gasteiger partial charge is 0.144 e. The topological polar surface area (TPSA) is 32.8 Å². The molecule has 0 radical (unpaired) electrons. The standard InChI is InChI=1S/C85H58N2O2/c1-83(2)66-35-19-16-32-60(66)78-80(83)79-75(77-64-34-18-23-39-73(64)89-82(77)78)61-46-44-56(48-69(61)84(79,3)4)87(55-42-40-54(41-43-55)86(52-26-10-6-11-27-52)53-28-12-7-13-29-53)57-45-47-62-70(49-57)85(67-36-20-14-30-58(67)59-31-15-21-37-68(59)85)71-50-65(51-24-8-5-9-25-51)81-76(74(62)71)63-33-17-22-38-72(63)88-81/h5-50H,1-4H3. The Morgan fingerprint density at radius 3 is 1.27 bits per heavy atom. The zero-order chi connectivity index (χ0) is 59.1. The van der Waals surface area contributed by atoms with E-state index in [1.54, 1.807) is 0 Å². The number of anilines is 6. The fraction of sp³-hybridized carbons (Fsp3) is 0.0824. The molecule has 0 saturated carbocycles. The molecule has 89 heavy (non-hydrogen) atoms. The first-order valence-electron chi connectivity index (χ1n) is 31.2. The highest BCUT2D eigenvalue weighted by Gasteiger charge is 2.54. The molecule has 19 rings (SSSR count). The highest BCUT2D eigenvalue weighted by molar-refractivity contribution is 6.22. The van der Waals surface area contributed by atoms with E-state index in [1.165, 1.54) is 94.4 Å². The maximum atomic E-state index is 7.11. The molecule has 2 heterocycles. The normalized spacial score (nSPS) is 14.6. The van der Waals surface area contributed by atoms with Crippen LogP contribution in [0, 0.1) is 0 Å². The van der Waals surface area contributed by atoms with E-state index in [4.69, 9.17) is 8.83 Å². The number of rotatable bonds is 7. The van der Waals surface area contributed by atoms with Gasteiger partial charge < -0.3 is 18.6 Å². The number of fused-ring (bicyclic) bond motifs is 26. The maximum Gasteiger partial charge on any atom is 0.144 e. The van der Waals surface area contributed by atoms with E-state index in [0.29, 0.717) is 0 Å². The SMILES string of the molecule is CC1(C)c2ccccc2-c2c1c1c(c3c2oc2ccccc23)-c2ccc(N(c3ccc(N(c4ccccc4)c4ccccc4)cc3)c3ccc4c(c3)C3(c5ccccc5-c5ccccc53)c3cc(-c5ccccc5)c5oc6ccccc6c5c3-4)cc2C1(C)C. The van der Waals surface area contributed by atoms with E-state index in [-0.39, 0.29) is 5.41 Å². The summed E-state index contributed by atoms with van der Waals surface area (Å²) in [5.41, 5.74) is 31.5. The first-order chi connectivity index (χ1) is 43.7. The molecule has 1 spiro atoms. The van der Waals surface area contributed by atoms with Gasteiger partial charge in [-0.3, -0.25) is 0 Å². The highest BCUT2D eigenvalue weighted by Crippen LogP contribution is 2.67. The summed E-state index contributed by atoms with van der Waals surface area (Å²) in [7, 11) is 0. The van der Waals surface area contributed by atoms with E-state index in [9.17, 15) is 0 Å². The summed E-state index contributed by atoms with van der Waals surface area (Å²) in [6, 6.07) is 103. The second kappa shape index (κ2) is 18.1. The Morgan fingerprint density at radius 1 is 0.270 bits per heavy atom. The number of hydrogen-bond acceptors (Lipinski definition) is 4. The van der Waals surface area contributed by atoms with Crippen LogP contribution in [0.5, 0.6) is 0 Å². The van der Waals surface area contributed by atoms with Gasteiger partial charge in [-0.2, -0.15) is 0 Å². The van der Waals surface area contributed by atoms with Gasteiger partial charge in [-0.25, -0.2) is 0 Å². The zero-order valence-corrected chi connectivity index (χ0v) is 49.8. The van der Waals surface area contributed by atoms with Crippen LogP contribution in [0.1, 0.15) is 72.2 Å². The Bertz CT molecular complexity index is 5410. The highest BCUT2D eigenvalue weighted by atomic mass is 16.3. The molecule has 0 amide bonds. The average Bonchev–Trinajstić information content (AvgIpc) is 1.51. The van der Waals surface area contributed by atoms with Crippen molar-refractivity contribution in [3.8, 4) is 55.6 Å². The minimum absolute atomic E-state index is 0.280. The summed E-state index contributed by atoms with van der Waals surface area (Å²) >= 11 is 0. The first kappa shape index (κ1) is 50.2. The monoisotopic (exact) mass is 1140 g/mol. The quantitative estimate of drug-likeness (QED) is 0.159. The predicted molar refractivity (Wildman–Crippen MR) is 367 cm³/mol. The van der Waals surface area contributed by atoms with Crippen molar-refractivity contribution in [2.75, 3.05) is 9.80 Å². The summed E-state index contributed by atoms with van der Waals surface area (Å²) in [5, 5.41) is 4.62. The van der Waals surface area contributed by atoms with Crippen LogP contribution < -0.4 is 9.80 Å². The van der Waals surface area contributed by atoms with Gasteiger partial charge in [0.1, 0.15) is 22.3 Å². The van der Waals surface area contributed by atoms with Crippen molar-refractivity contribution in [3.63, 3.8) is 0 Å². The second-order valence-electron chi connectivity index (χ2n) is 25.8. The van der Waals surface area contributed by atoms with Crippen molar-refractivity contribution in [1.29, 1.82) is 0 Å². The lowest BCUT2D eigenvalue weighted by atomic mass is 9.70. The van der Waals surface area contributed by atoms with Crippen molar-refractivity contribution in [3.05, 3.63) is 324 Å². The van der Waals surface area contributed by atoms with Gasteiger partial charge in [0.05, 0.1) is 5.41 Å². The molecule has 4 aliphatic rings. The van der Waals surface area contributed by atoms with Gasteiger partial charge >= 0.3 is 0 Å². The van der Waals surface area contributed by atoms with E-state index < -0.39 is 10.8 Å². The van der Waals surface area contributed by atoms with Gasteiger partial charge in [-0.05, 0) is 180 Å². The average molecular weight is 1140 g/mol. The lowest BCUT2D eigenvalue weighted by Gasteiger charge is -2.33. The molecule has 15 aromatic rings. The van der Waals surface area contributed by atoms with Crippen molar-refractivity contribution in [1.82, 2.24) is 0 Å². The van der Waals surface area contributed by atoms with Gasteiger partial charge in [-0.1, -0.05) is 216 Å². The summed E-state index contributed by atoms with van der Waals surface area (Å²) < 4.78 is 14.2. The molecule has 0 unspecified atom stereocenters. The molecule has 13 aromatic carbocycles. The lowest BCUT2D eigenvalue weighted by Crippen LogP contribution is -2.26. The van der Waals surface area contributed by atoms with Crippen LogP contribution in [0.3, 0.4) is 0 Å². The van der Waals surface area contributed by atoms with Gasteiger partial charge in [0.2, 0.25) is 0 Å². The third-order valence-corrected chi connectivity index (χ3v) is 20.6.